The first-order chi connectivity index (χ1) is 13.0. The molecule has 1 atom stereocenters. The zero-order valence-corrected chi connectivity index (χ0v) is 15.0. The Balaban J connectivity index is 1.62. The lowest BCUT2D eigenvalue weighted by Gasteiger charge is -2.28. The summed E-state index contributed by atoms with van der Waals surface area (Å²) in [4.78, 5) is 41.7. The molecule has 1 aliphatic carbocycles. The highest BCUT2D eigenvalue weighted by molar-refractivity contribution is 6.21. The molecular formula is C19H19N3O5. The van der Waals surface area contributed by atoms with Gasteiger partial charge in [-0.3, -0.25) is 14.5 Å². The maximum absolute atomic E-state index is 12.5. The van der Waals surface area contributed by atoms with Crippen molar-refractivity contribution in [2.45, 2.75) is 6.42 Å². The number of aliphatic imine (C=N–C) groups is 1. The van der Waals surface area contributed by atoms with Crippen LogP contribution < -0.4 is 14.8 Å². The maximum Gasteiger partial charge on any atom is 0.350 e. The number of amides is 4. The van der Waals surface area contributed by atoms with Crippen molar-refractivity contribution in [3.63, 3.8) is 0 Å². The monoisotopic (exact) mass is 369 g/mol. The summed E-state index contributed by atoms with van der Waals surface area (Å²) in [5.74, 6) is -0.248. The van der Waals surface area contributed by atoms with Gasteiger partial charge in [-0.1, -0.05) is 18.2 Å². The third kappa shape index (κ3) is 3.89. The van der Waals surface area contributed by atoms with Crippen molar-refractivity contribution in [2.24, 2.45) is 10.9 Å². The van der Waals surface area contributed by atoms with Crippen molar-refractivity contribution < 1.29 is 23.9 Å². The summed E-state index contributed by atoms with van der Waals surface area (Å²) >= 11 is 0. The van der Waals surface area contributed by atoms with Crippen molar-refractivity contribution in [3.05, 3.63) is 42.5 Å². The Kier molecular flexibility index (Phi) is 5.35. The number of hydrogen-bond donors (Lipinski definition) is 1. The minimum absolute atomic E-state index is 0.0387. The molecule has 0 spiro atoms. The van der Waals surface area contributed by atoms with Gasteiger partial charge in [0.1, 0.15) is 0 Å². The average Bonchev–Trinajstić information content (AvgIpc) is 2.67. The highest BCUT2D eigenvalue weighted by Gasteiger charge is 2.35. The second-order valence-electron chi connectivity index (χ2n) is 5.90. The Bertz CT molecular complexity index is 872. The molecule has 1 aliphatic heterocycles. The number of rotatable bonds is 6. The second-order valence-corrected chi connectivity index (χ2v) is 5.90. The first-order valence-corrected chi connectivity index (χ1v) is 8.34. The molecule has 4 amide bonds. The van der Waals surface area contributed by atoms with Crippen LogP contribution >= 0.6 is 0 Å². The predicted octanol–water partition coefficient (Wildman–Crippen LogP) is 2.18. The number of allylic oxidation sites excluding steroid dienone is 3. The summed E-state index contributed by atoms with van der Waals surface area (Å²) in [5, 5.41) is 2.71. The van der Waals surface area contributed by atoms with Crippen LogP contribution in [0.1, 0.15) is 6.42 Å². The van der Waals surface area contributed by atoms with Gasteiger partial charge >= 0.3 is 6.03 Å². The van der Waals surface area contributed by atoms with E-state index in [2.05, 4.69) is 10.3 Å². The first-order valence-electron chi connectivity index (χ1n) is 8.34. The van der Waals surface area contributed by atoms with Crippen LogP contribution in [0.3, 0.4) is 0 Å². The van der Waals surface area contributed by atoms with E-state index in [0.717, 1.165) is 4.90 Å². The fourth-order valence-electron chi connectivity index (χ4n) is 2.84. The van der Waals surface area contributed by atoms with Crippen molar-refractivity contribution in [1.29, 1.82) is 0 Å². The number of methoxy groups -OCH3 is 2. The lowest BCUT2D eigenvalue weighted by Crippen LogP contribution is -2.46. The summed E-state index contributed by atoms with van der Waals surface area (Å²) in [6, 6.07) is 4.33. The summed E-state index contributed by atoms with van der Waals surface area (Å²) in [7, 11) is 3.02. The molecule has 1 aromatic rings. The largest absolute Gasteiger partial charge is 0.493 e. The van der Waals surface area contributed by atoms with E-state index in [1.807, 2.05) is 0 Å². The first kappa shape index (κ1) is 18.4. The third-order valence-electron chi connectivity index (χ3n) is 4.22. The molecule has 1 unspecified atom stereocenters. The van der Waals surface area contributed by atoms with Crippen molar-refractivity contribution >= 4 is 29.2 Å². The third-order valence-corrected chi connectivity index (χ3v) is 4.22. The Hall–Kier alpha value is -3.42. The summed E-state index contributed by atoms with van der Waals surface area (Å²) in [6.45, 7) is -0.0401. The number of nitrogens with zero attached hydrogens (tertiary/aromatic N) is 2. The van der Waals surface area contributed by atoms with E-state index in [4.69, 9.17) is 9.47 Å². The number of carbonyl (C=O) groups excluding carboxylic acids is 3. The molecule has 1 aromatic carbocycles. The maximum atomic E-state index is 12.5. The molecule has 27 heavy (non-hydrogen) atoms. The van der Waals surface area contributed by atoms with Gasteiger partial charge in [-0.25, -0.2) is 4.79 Å². The molecule has 0 radical (unpaired) electrons. The van der Waals surface area contributed by atoms with Gasteiger partial charge in [-0.05, 0) is 18.2 Å². The Morgan fingerprint density at radius 3 is 2.70 bits per heavy atom. The molecule has 0 saturated carbocycles. The Labute approximate surface area is 156 Å². The number of carbonyl (C=O) groups is 3. The van der Waals surface area contributed by atoms with Gasteiger partial charge in [-0.15, -0.1) is 0 Å². The van der Waals surface area contributed by atoms with E-state index >= 15 is 0 Å². The van der Waals surface area contributed by atoms with Crippen LogP contribution in [0.5, 0.6) is 11.5 Å². The molecule has 8 nitrogen and oxygen atoms in total. The number of imide groups is 1. The van der Waals surface area contributed by atoms with Crippen LogP contribution in [-0.2, 0) is 9.59 Å². The summed E-state index contributed by atoms with van der Waals surface area (Å²) < 4.78 is 10.3. The lowest BCUT2D eigenvalue weighted by atomic mass is 9.95. The second kappa shape index (κ2) is 7.86. The number of nitrogens with one attached hydrogen (secondary N) is 1. The topological polar surface area (TPSA) is 97.3 Å². The Morgan fingerprint density at radius 2 is 1.96 bits per heavy atom. The van der Waals surface area contributed by atoms with E-state index in [0.29, 0.717) is 22.9 Å². The normalized spacial score (nSPS) is 18.1. The number of anilines is 1. The number of fused-ring (bicyclic) bond motifs is 1. The predicted molar refractivity (Wildman–Crippen MR) is 99.1 cm³/mol. The standard InChI is InChI=1S/C19H19N3O5/c1-26-15-8-7-12(11-16(15)27-2)20-17(23)9-10-22-18(24)13-5-3-4-6-14(13)21-19(22)25/h3-8,11,13H,9-10H2,1-2H3,(H,20,23). The average molecular weight is 369 g/mol. The highest BCUT2D eigenvalue weighted by atomic mass is 16.5. The fourth-order valence-corrected chi connectivity index (χ4v) is 2.84. The van der Waals surface area contributed by atoms with Crippen molar-refractivity contribution in [2.75, 3.05) is 26.1 Å². The molecule has 140 valence electrons. The molecule has 3 rings (SSSR count). The fraction of sp³-hybridized carbons (Fsp3) is 0.263. The molecule has 0 aromatic heterocycles. The molecule has 2 aliphatic rings. The number of ether oxygens (including phenoxy) is 2. The number of benzene rings is 1. The zero-order chi connectivity index (χ0) is 19.4. The zero-order valence-electron chi connectivity index (χ0n) is 15.0. The minimum atomic E-state index is -0.648. The van der Waals surface area contributed by atoms with E-state index in [1.54, 1.807) is 42.5 Å². The van der Waals surface area contributed by atoms with Gasteiger partial charge in [0, 0.05) is 24.7 Å². The molecule has 0 bridgehead atoms. The van der Waals surface area contributed by atoms with Crippen molar-refractivity contribution in [1.82, 2.24) is 4.90 Å². The Morgan fingerprint density at radius 1 is 1.19 bits per heavy atom. The van der Waals surface area contributed by atoms with Gasteiger partial charge in [-0.2, -0.15) is 4.99 Å². The highest BCUT2D eigenvalue weighted by Crippen LogP contribution is 2.29. The minimum Gasteiger partial charge on any atom is -0.493 e. The van der Waals surface area contributed by atoms with Gasteiger partial charge in [0.05, 0.1) is 25.8 Å². The van der Waals surface area contributed by atoms with Crippen LogP contribution in [0.25, 0.3) is 0 Å². The van der Waals surface area contributed by atoms with Gasteiger partial charge in [0.25, 0.3) is 0 Å². The van der Waals surface area contributed by atoms with Crippen LogP contribution in [-0.4, -0.2) is 49.2 Å². The molecule has 1 N–H and O–H groups in total. The quantitative estimate of drug-likeness (QED) is 0.829. The van der Waals surface area contributed by atoms with Gasteiger partial charge < -0.3 is 14.8 Å². The van der Waals surface area contributed by atoms with Crippen molar-refractivity contribution in [3.8, 4) is 11.5 Å². The van der Waals surface area contributed by atoms with E-state index in [1.165, 1.54) is 14.2 Å². The van der Waals surface area contributed by atoms with Crippen LogP contribution in [0.15, 0.2) is 47.5 Å². The van der Waals surface area contributed by atoms with Crippen LogP contribution in [0.2, 0.25) is 0 Å². The van der Waals surface area contributed by atoms with Crippen LogP contribution in [0.4, 0.5) is 10.5 Å². The SMILES string of the molecule is COc1ccc(NC(=O)CCN2C(=O)N=C3C=CC=CC3C2=O)cc1OC. The summed E-state index contributed by atoms with van der Waals surface area (Å²) in [6.07, 6.45) is 6.75. The molecular weight excluding hydrogens is 350 g/mol. The smallest absolute Gasteiger partial charge is 0.350 e. The van der Waals surface area contributed by atoms with E-state index in [-0.39, 0.29) is 24.8 Å². The summed E-state index contributed by atoms with van der Waals surface area (Å²) in [5.41, 5.74) is 0.952. The molecule has 0 saturated heterocycles. The number of urea groups is 1. The molecule has 1 heterocycles. The molecule has 0 fully saturated rings. The van der Waals surface area contributed by atoms with Crippen LogP contribution in [0, 0.1) is 5.92 Å². The molecule has 8 heteroatoms. The van der Waals surface area contributed by atoms with Gasteiger partial charge in [0.2, 0.25) is 11.8 Å². The number of hydrogen-bond acceptors (Lipinski definition) is 5. The van der Waals surface area contributed by atoms with Gasteiger partial charge in [0.15, 0.2) is 11.5 Å². The van der Waals surface area contributed by atoms with E-state index in [9.17, 15) is 14.4 Å². The van der Waals surface area contributed by atoms with E-state index < -0.39 is 11.9 Å². The lowest BCUT2D eigenvalue weighted by molar-refractivity contribution is -0.129.